The van der Waals surface area contributed by atoms with E-state index < -0.39 is 0 Å². The van der Waals surface area contributed by atoms with E-state index in [1.165, 1.54) is 62.6 Å². The summed E-state index contributed by atoms with van der Waals surface area (Å²) in [5, 5.41) is 0. The second-order valence-electron chi connectivity index (χ2n) is 4.80. The highest BCUT2D eigenvalue weighted by Crippen LogP contribution is 2.44. The van der Waals surface area contributed by atoms with Crippen molar-refractivity contribution in [3.8, 4) is 0 Å². The number of hydrogen-bond donors (Lipinski definition) is 0. The van der Waals surface area contributed by atoms with Gasteiger partial charge in [-0.1, -0.05) is 41.9 Å². The van der Waals surface area contributed by atoms with Crippen LogP contribution in [0, 0.1) is 5.41 Å². The van der Waals surface area contributed by atoms with Crippen molar-refractivity contribution in [2.75, 3.05) is 17.6 Å². The molecule has 76 valence electrons. The van der Waals surface area contributed by atoms with Crippen LogP contribution in [0.1, 0.15) is 44.9 Å². The number of piperidine rings is 1. The maximum absolute atomic E-state index is 2.60. The predicted molar refractivity (Wildman–Crippen MR) is 65.2 cm³/mol. The molecule has 0 bridgehead atoms. The van der Waals surface area contributed by atoms with Gasteiger partial charge in [-0.25, -0.2) is 0 Å². The number of likely N-dealkylation sites (tertiary alicyclic amines) is 1. The van der Waals surface area contributed by atoms with E-state index in [9.17, 15) is 0 Å². The molecule has 0 aromatic rings. The quantitative estimate of drug-likeness (QED) is 0.407. The van der Waals surface area contributed by atoms with Gasteiger partial charge in [-0.15, -0.1) is 0 Å². The van der Waals surface area contributed by atoms with Crippen molar-refractivity contribution in [3.63, 3.8) is 0 Å². The van der Waals surface area contributed by atoms with Crippen LogP contribution in [-0.2, 0) is 0 Å². The molecule has 0 atom stereocenters. The third-order valence-electron chi connectivity index (χ3n) is 4.00. The summed E-state index contributed by atoms with van der Waals surface area (Å²) in [6, 6.07) is 0. The van der Waals surface area contributed by atoms with Crippen molar-refractivity contribution in [1.82, 2.24) is 4.90 Å². The topological polar surface area (TPSA) is 3.24 Å². The molecule has 2 heteroatoms. The molecule has 1 spiro atoms. The van der Waals surface area contributed by atoms with Crippen molar-refractivity contribution in [1.29, 1.82) is 0 Å². The van der Waals surface area contributed by atoms with Gasteiger partial charge in [-0.3, -0.25) is 4.90 Å². The lowest BCUT2D eigenvalue weighted by Gasteiger charge is -2.43. The van der Waals surface area contributed by atoms with Crippen molar-refractivity contribution < 1.29 is 0 Å². The second-order valence-corrected chi connectivity index (χ2v) is 5.48. The molecule has 13 heavy (non-hydrogen) atoms. The molecule has 0 amide bonds. The van der Waals surface area contributed by atoms with Crippen LogP contribution in [0.5, 0.6) is 0 Å². The van der Waals surface area contributed by atoms with Gasteiger partial charge in [0.25, 0.3) is 0 Å². The molecule has 1 aliphatic carbocycles. The predicted octanol–water partition coefficient (Wildman–Crippen LogP) is 3.43. The number of alkyl halides is 1. The minimum atomic E-state index is 0.792. The third-order valence-corrected chi connectivity index (χ3v) is 4.96. The first kappa shape index (κ1) is 10.2. The Morgan fingerprint density at radius 2 is 1.54 bits per heavy atom. The molecule has 0 unspecified atom stereocenters. The monoisotopic (exact) mass is 293 g/mol. The minimum Gasteiger partial charge on any atom is -0.294 e. The van der Waals surface area contributed by atoms with E-state index in [1.54, 1.807) is 0 Å². The van der Waals surface area contributed by atoms with E-state index in [0.717, 1.165) is 5.41 Å². The standard InChI is InChI=1S/C11H20IN/c12-10-13-8-6-11(7-9-13)4-2-1-3-5-11/h1-10H2. The Kier molecular flexibility index (Phi) is 3.52. The SMILES string of the molecule is ICN1CCC2(CCCCC2)CC1. The van der Waals surface area contributed by atoms with Crippen LogP contribution in [0.15, 0.2) is 0 Å². The highest BCUT2D eigenvalue weighted by atomic mass is 127. The summed E-state index contributed by atoms with van der Waals surface area (Å²) in [5.74, 6) is 0. The molecule has 1 heterocycles. The molecule has 0 aromatic carbocycles. The van der Waals surface area contributed by atoms with Gasteiger partial charge in [0.05, 0.1) is 4.55 Å². The van der Waals surface area contributed by atoms with Gasteiger partial charge in [0.2, 0.25) is 0 Å². The van der Waals surface area contributed by atoms with Crippen LogP contribution in [0.2, 0.25) is 0 Å². The van der Waals surface area contributed by atoms with E-state index in [4.69, 9.17) is 0 Å². The zero-order chi connectivity index (χ0) is 9.15. The fraction of sp³-hybridized carbons (Fsp3) is 1.00. The first-order valence-electron chi connectivity index (χ1n) is 5.63. The summed E-state index contributed by atoms with van der Waals surface area (Å²) in [4.78, 5) is 2.60. The molecule has 2 rings (SSSR count). The summed E-state index contributed by atoms with van der Waals surface area (Å²) >= 11 is 2.49. The van der Waals surface area contributed by atoms with Crippen molar-refractivity contribution in [2.45, 2.75) is 44.9 Å². The van der Waals surface area contributed by atoms with Crippen molar-refractivity contribution >= 4 is 22.6 Å². The van der Waals surface area contributed by atoms with Crippen molar-refractivity contribution in [3.05, 3.63) is 0 Å². The van der Waals surface area contributed by atoms with Crippen LogP contribution in [0.4, 0.5) is 0 Å². The highest BCUT2D eigenvalue weighted by Gasteiger charge is 2.34. The smallest absolute Gasteiger partial charge is 0.0505 e. The van der Waals surface area contributed by atoms with E-state index in [1.807, 2.05) is 0 Å². The average Bonchev–Trinajstić information content (AvgIpc) is 2.20. The van der Waals surface area contributed by atoms with Gasteiger partial charge in [0.1, 0.15) is 0 Å². The first-order valence-corrected chi connectivity index (χ1v) is 7.16. The molecule has 0 N–H and O–H groups in total. The Balaban J connectivity index is 1.87. The maximum Gasteiger partial charge on any atom is 0.0505 e. The van der Waals surface area contributed by atoms with Crippen LogP contribution in [-0.4, -0.2) is 22.5 Å². The number of hydrogen-bond acceptors (Lipinski definition) is 1. The minimum absolute atomic E-state index is 0.792. The number of halogens is 1. The zero-order valence-electron chi connectivity index (χ0n) is 8.40. The number of nitrogens with zero attached hydrogens (tertiary/aromatic N) is 1. The highest BCUT2D eigenvalue weighted by molar-refractivity contribution is 14.1. The lowest BCUT2D eigenvalue weighted by Crippen LogP contribution is -2.40. The fourth-order valence-corrected chi connectivity index (χ4v) is 3.63. The molecular weight excluding hydrogens is 273 g/mol. The van der Waals surface area contributed by atoms with Crippen LogP contribution in [0.3, 0.4) is 0 Å². The maximum atomic E-state index is 2.60. The Morgan fingerprint density at radius 1 is 0.923 bits per heavy atom. The molecule has 0 aromatic heterocycles. The summed E-state index contributed by atoms with van der Waals surface area (Å²) < 4.78 is 1.23. The molecule has 1 saturated heterocycles. The molecule has 1 aliphatic heterocycles. The number of rotatable bonds is 1. The summed E-state index contributed by atoms with van der Waals surface area (Å²) in [6.07, 6.45) is 10.5. The molecular formula is C11H20IN. The molecule has 1 saturated carbocycles. The largest absolute Gasteiger partial charge is 0.294 e. The van der Waals surface area contributed by atoms with Crippen molar-refractivity contribution in [2.24, 2.45) is 5.41 Å². The van der Waals surface area contributed by atoms with Crippen LogP contribution in [0.25, 0.3) is 0 Å². The fourth-order valence-electron chi connectivity index (χ4n) is 2.95. The molecule has 2 aliphatic rings. The van der Waals surface area contributed by atoms with Gasteiger partial charge in [0, 0.05) is 0 Å². The van der Waals surface area contributed by atoms with Gasteiger partial charge in [-0.2, -0.15) is 0 Å². The Hall–Kier alpha value is 0.690. The van der Waals surface area contributed by atoms with E-state index in [0.29, 0.717) is 0 Å². The first-order chi connectivity index (χ1) is 6.35. The van der Waals surface area contributed by atoms with Gasteiger partial charge < -0.3 is 0 Å². The normalized spacial score (nSPS) is 29.3. The molecule has 0 radical (unpaired) electrons. The lowest BCUT2D eigenvalue weighted by molar-refractivity contribution is 0.0792. The summed E-state index contributed by atoms with van der Waals surface area (Å²) in [6.45, 7) is 2.73. The van der Waals surface area contributed by atoms with Gasteiger partial charge in [-0.05, 0) is 44.2 Å². The van der Waals surface area contributed by atoms with E-state index in [-0.39, 0.29) is 0 Å². The second kappa shape index (κ2) is 4.47. The van der Waals surface area contributed by atoms with E-state index in [2.05, 4.69) is 27.5 Å². The molecule has 2 fully saturated rings. The summed E-state index contributed by atoms with van der Waals surface area (Å²) in [5.41, 5.74) is 0.792. The van der Waals surface area contributed by atoms with Crippen LogP contribution >= 0.6 is 22.6 Å². The van der Waals surface area contributed by atoms with Gasteiger partial charge in [0.15, 0.2) is 0 Å². The third kappa shape index (κ3) is 2.38. The van der Waals surface area contributed by atoms with E-state index >= 15 is 0 Å². The van der Waals surface area contributed by atoms with Crippen LogP contribution < -0.4 is 0 Å². The summed E-state index contributed by atoms with van der Waals surface area (Å²) in [7, 11) is 0. The molecule has 1 nitrogen and oxygen atoms in total. The van der Waals surface area contributed by atoms with Gasteiger partial charge >= 0.3 is 0 Å². The Labute approximate surface area is 95.4 Å². The lowest BCUT2D eigenvalue weighted by atomic mass is 9.68. The Bertz CT molecular complexity index is 153. The zero-order valence-corrected chi connectivity index (χ0v) is 10.6. The Morgan fingerprint density at radius 3 is 2.08 bits per heavy atom. The average molecular weight is 293 g/mol.